The molecule has 0 atom stereocenters. The van der Waals surface area contributed by atoms with E-state index in [-0.39, 0.29) is 11.8 Å². The van der Waals surface area contributed by atoms with Crippen molar-refractivity contribution in [3.05, 3.63) is 47.2 Å². The van der Waals surface area contributed by atoms with E-state index in [4.69, 9.17) is 16.0 Å². The fraction of sp³-hybridized carbons (Fsp3) is 0.478. The molecule has 1 aromatic carbocycles. The number of likely N-dealkylation sites (N-methyl/N-ethyl adjacent to an activating group) is 1. The lowest BCUT2D eigenvalue weighted by molar-refractivity contribution is -0.133. The van der Waals surface area contributed by atoms with E-state index < -0.39 is 0 Å². The summed E-state index contributed by atoms with van der Waals surface area (Å²) in [5.74, 6) is 1.60. The summed E-state index contributed by atoms with van der Waals surface area (Å²) < 4.78 is 5.82. The van der Waals surface area contributed by atoms with Gasteiger partial charge in [-0.25, -0.2) is 0 Å². The number of nitrogens with one attached hydrogen (secondary N) is 1. The molecule has 1 N–H and O–H groups in total. The van der Waals surface area contributed by atoms with E-state index in [0.717, 1.165) is 50.6 Å². The third-order valence-electron chi connectivity index (χ3n) is 5.56. The Morgan fingerprint density at radius 2 is 1.58 bits per heavy atom. The van der Waals surface area contributed by atoms with Gasteiger partial charge < -0.3 is 14.6 Å². The van der Waals surface area contributed by atoms with Crippen molar-refractivity contribution in [2.24, 2.45) is 0 Å². The first-order chi connectivity index (χ1) is 15.0. The summed E-state index contributed by atoms with van der Waals surface area (Å²) in [6.45, 7) is 9.78. The standard InChI is InChI=1S/C23H31ClN4O3/c1-3-28(4-2)23(30)17-27-13-11-26(12-14-27)16-22(29)25-15-20-9-10-21(31-20)18-5-7-19(24)8-6-18/h5-10H,3-4,11-17H2,1-2H3,(H,25,29). The lowest BCUT2D eigenvalue weighted by Gasteiger charge is -2.34. The molecule has 1 fully saturated rings. The molecule has 3 rings (SSSR count). The second-order valence-electron chi connectivity index (χ2n) is 7.67. The molecule has 1 aliphatic heterocycles. The Hall–Kier alpha value is -2.35. The van der Waals surface area contributed by atoms with Crippen LogP contribution in [0.1, 0.15) is 19.6 Å². The molecule has 0 saturated carbocycles. The van der Waals surface area contributed by atoms with E-state index >= 15 is 0 Å². The van der Waals surface area contributed by atoms with Gasteiger partial charge in [0.1, 0.15) is 11.5 Å². The van der Waals surface area contributed by atoms with Crippen LogP contribution in [0.15, 0.2) is 40.8 Å². The number of halogens is 1. The lowest BCUT2D eigenvalue weighted by atomic mass is 10.2. The zero-order valence-electron chi connectivity index (χ0n) is 18.3. The number of benzene rings is 1. The molecule has 31 heavy (non-hydrogen) atoms. The van der Waals surface area contributed by atoms with E-state index in [2.05, 4.69) is 15.1 Å². The van der Waals surface area contributed by atoms with E-state index in [1.165, 1.54) is 0 Å². The van der Waals surface area contributed by atoms with Gasteiger partial charge in [0.05, 0.1) is 19.6 Å². The van der Waals surface area contributed by atoms with Crippen molar-refractivity contribution in [1.82, 2.24) is 20.0 Å². The van der Waals surface area contributed by atoms with E-state index in [1.807, 2.05) is 55.1 Å². The summed E-state index contributed by atoms with van der Waals surface area (Å²) in [5.41, 5.74) is 0.944. The van der Waals surface area contributed by atoms with Gasteiger partial charge in [-0.15, -0.1) is 0 Å². The van der Waals surface area contributed by atoms with Crippen molar-refractivity contribution in [1.29, 1.82) is 0 Å². The summed E-state index contributed by atoms with van der Waals surface area (Å²) in [6.07, 6.45) is 0. The Balaban J connectivity index is 1.38. The summed E-state index contributed by atoms with van der Waals surface area (Å²) in [5, 5.41) is 3.60. The molecule has 0 bridgehead atoms. The molecule has 0 aliphatic carbocycles. The van der Waals surface area contributed by atoms with Crippen LogP contribution in [-0.4, -0.2) is 78.9 Å². The summed E-state index contributed by atoms with van der Waals surface area (Å²) >= 11 is 5.92. The van der Waals surface area contributed by atoms with Crippen molar-refractivity contribution >= 4 is 23.4 Å². The second kappa shape index (κ2) is 11.3. The van der Waals surface area contributed by atoms with Gasteiger partial charge in [-0.3, -0.25) is 19.4 Å². The third-order valence-corrected chi connectivity index (χ3v) is 5.81. The zero-order valence-corrected chi connectivity index (χ0v) is 19.0. The maximum absolute atomic E-state index is 12.3. The van der Waals surface area contributed by atoms with Crippen molar-refractivity contribution in [2.45, 2.75) is 20.4 Å². The lowest BCUT2D eigenvalue weighted by Crippen LogP contribution is -2.51. The maximum Gasteiger partial charge on any atom is 0.236 e. The second-order valence-corrected chi connectivity index (χ2v) is 8.10. The molecule has 1 aliphatic rings. The van der Waals surface area contributed by atoms with Crippen LogP contribution in [0.5, 0.6) is 0 Å². The number of piperazine rings is 1. The first-order valence-corrected chi connectivity index (χ1v) is 11.2. The molecule has 8 heteroatoms. The minimum Gasteiger partial charge on any atom is -0.459 e. The molecule has 0 unspecified atom stereocenters. The van der Waals surface area contributed by atoms with E-state index in [0.29, 0.717) is 30.4 Å². The van der Waals surface area contributed by atoms with Crippen molar-refractivity contribution < 1.29 is 14.0 Å². The third kappa shape index (κ3) is 6.82. The Morgan fingerprint density at radius 1 is 0.968 bits per heavy atom. The molecular formula is C23H31ClN4O3. The van der Waals surface area contributed by atoms with E-state index in [9.17, 15) is 9.59 Å². The summed E-state index contributed by atoms with van der Waals surface area (Å²) in [7, 11) is 0. The van der Waals surface area contributed by atoms with Crippen molar-refractivity contribution in [2.75, 3.05) is 52.4 Å². The largest absolute Gasteiger partial charge is 0.459 e. The fourth-order valence-electron chi connectivity index (χ4n) is 3.66. The normalized spacial score (nSPS) is 15.1. The van der Waals surface area contributed by atoms with E-state index in [1.54, 1.807) is 0 Å². The Bertz CT molecular complexity index is 856. The van der Waals surface area contributed by atoms with Gasteiger partial charge in [-0.05, 0) is 50.2 Å². The minimum atomic E-state index is -0.0305. The number of carbonyl (C=O) groups excluding carboxylic acids is 2. The van der Waals surface area contributed by atoms with Crippen LogP contribution in [0.3, 0.4) is 0 Å². The minimum absolute atomic E-state index is 0.0305. The number of amides is 2. The molecule has 0 spiro atoms. The van der Waals surface area contributed by atoms with Gasteiger partial charge in [0.2, 0.25) is 11.8 Å². The highest BCUT2D eigenvalue weighted by molar-refractivity contribution is 6.30. The smallest absolute Gasteiger partial charge is 0.236 e. The van der Waals surface area contributed by atoms with Crippen LogP contribution >= 0.6 is 11.6 Å². The molecule has 2 heterocycles. The van der Waals surface area contributed by atoms with Gasteiger partial charge in [0, 0.05) is 49.9 Å². The molecule has 168 valence electrons. The van der Waals surface area contributed by atoms with Crippen LogP contribution in [0.25, 0.3) is 11.3 Å². The van der Waals surface area contributed by atoms with Gasteiger partial charge in [0.25, 0.3) is 0 Å². The fourth-order valence-corrected chi connectivity index (χ4v) is 3.79. The molecular weight excluding hydrogens is 416 g/mol. The summed E-state index contributed by atoms with van der Waals surface area (Å²) in [4.78, 5) is 30.7. The summed E-state index contributed by atoms with van der Waals surface area (Å²) in [6, 6.07) is 11.2. The zero-order chi connectivity index (χ0) is 22.2. The van der Waals surface area contributed by atoms with Gasteiger partial charge in [-0.1, -0.05) is 11.6 Å². The van der Waals surface area contributed by atoms with Crippen LogP contribution in [0, 0.1) is 0 Å². The van der Waals surface area contributed by atoms with Crippen molar-refractivity contribution in [3.63, 3.8) is 0 Å². The molecule has 0 radical (unpaired) electrons. The monoisotopic (exact) mass is 446 g/mol. The number of carbonyl (C=O) groups is 2. The highest BCUT2D eigenvalue weighted by Crippen LogP contribution is 2.23. The van der Waals surface area contributed by atoms with Crippen molar-refractivity contribution in [3.8, 4) is 11.3 Å². The predicted molar refractivity (Wildman–Crippen MR) is 122 cm³/mol. The topological polar surface area (TPSA) is 69.0 Å². The number of furan rings is 1. The Kier molecular flexibility index (Phi) is 8.51. The van der Waals surface area contributed by atoms with Gasteiger partial charge >= 0.3 is 0 Å². The Morgan fingerprint density at radius 3 is 2.19 bits per heavy atom. The average Bonchev–Trinajstić information content (AvgIpc) is 3.24. The molecule has 1 aromatic heterocycles. The van der Waals surface area contributed by atoms with Crippen LogP contribution in [0.2, 0.25) is 5.02 Å². The van der Waals surface area contributed by atoms with Gasteiger partial charge in [0.15, 0.2) is 0 Å². The first-order valence-electron chi connectivity index (χ1n) is 10.8. The predicted octanol–water partition coefficient (Wildman–Crippen LogP) is 2.70. The quantitative estimate of drug-likeness (QED) is 0.641. The molecule has 7 nitrogen and oxygen atoms in total. The number of hydrogen-bond donors (Lipinski definition) is 1. The molecule has 2 aromatic rings. The maximum atomic E-state index is 12.3. The number of rotatable bonds is 9. The number of hydrogen-bond acceptors (Lipinski definition) is 5. The molecule has 1 saturated heterocycles. The first kappa shape index (κ1) is 23.3. The SMILES string of the molecule is CCN(CC)C(=O)CN1CCN(CC(=O)NCc2ccc(-c3ccc(Cl)cc3)o2)CC1. The Labute approximate surface area is 188 Å². The number of nitrogens with zero attached hydrogens (tertiary/aromatic N) is 3. The highest BCUT2D eigenvalue weighted by atomic mass is 35.5. The van der Waals surface area contributed by atoms with Gasteiger partial charge in [-0.2, -0.15) is 0 Å². The highest BCUT2D eigenvalue weighted by Gasteiger charge is 2.22. The average molecular weight is 447 g/mol. The van der Waals surface area contributed by atoms with Crippen LogP contribution < -0.4 is 5.32 Å². The van der Waals surface area contributed by atoms with Crippen LogP contribution in [-0.2, 0) is 16.1 Å². The van der Waals surface area contributed by atoms with Crippen LogP contribution in [0.4, 0.5) is 0 Å². The molecule has 2 amide bonds.